The lowest BCUT2D eigenvalue weighted by Crippen LogP contribution is -2.41. The second-order valence-corrected chi connectivity index (χ2v) is 8.25. The van der Waals surface area contributed by atoms with Crippen molar-refractivity contribution in [1.82, 2.24) is 13.6 Å². The van der Waals surface area contributed by atoms with E-state index < -0.39 is 18.5 Å². The van der Waals surface area contributed by atoms with Gasteiger partial charge >= 0.3 is 5.97 Å². The van der Waals surface area contributed by atoms with Crippen LogP contribution in [0.2, 0.25) is 0 Å². The highest BCUT2D eigenvalue weighted by Crippen LogP contribution is 2.30. The molecule has 1 aliphatic rings. The number of carbonyl (C=O) groups is 4. The second kappa shape index (κ2) is 8.99. The summed E-state index contributed by atoms with van der Waals surface area (Å²) in [6.07, 6.45) is 0.182. The molecule has 0 unspecified atom stereocenters. The van der Waals surface area contributed by atoms with E-state index in [0.717, 1.165) is 22.0 Å². The predicted octanol–water partition coefficient (Wildman–Crippen LogP) is 3.40. The highest BCUT2D eigenvalue weighted by molar-refractivity contribution is 7.00. The minimum atomic E-state index is -0.594. The van der Waals surface area contributed by atoms with Crippen molar-refractivity contribution in [2.45, 2.75) is 12.8 Å². The third-order valence-electron chi connectivity index (χ3n) is 5.54. The van der Waals surface area contributed by atoms with E-state index in [0.29, 0.717) is 33.2 Å². The van der Waals surface area contributed by atoms with Gasteiger partial charge in [0.25, 0.3) is 17.7 Å². The molecule has 1 aliphatic heterocycles. The highest BCUT2D eigenvalue weighted by atomic mass is 32.1. The molecule has 1 N–H and O–H groups in total. The molecule has 0 fully saturated rings. The van der Waals surface area contributed by atoms with Crippen LogP contribution in [0, 0.1) is 0 Å². The third-order valence-corrected chi connectivity index (χ3v) is 6.09. The van der Waals surface area contributed by atoms with E-state index in [-0.39, 0.29) is 31.2 Å². The molecule has 0 saturated heterocycles. The zero-order valence-corrected chi connectivity index (χ0v) is 18.6. The van der Waals surface area contributed by atoms with E-state index in [4.69, 9.17) is 4.74 Å². The van der Waals surface area contributed by atoms with Gasteiger partial charge in [-0.2, -0.15) is 8.75 Å². The molecule has 0 aliphatic carbocycles. The Morgan fingerprint density at radius 2 is 1.65 bits per heavy atom. The number of rotatable bonds is 7. The van der Waals surface area contributed by atoms with Gasteiger partial charge in [-0.25, -0.2) is 0 Å². The average molecular weight is 474 g/mol. The minimum absolute atomic E-state index is 0.0399. The first-order valence-electron chi connectivity index (χ1n) is 10.6. The molecule has 5 rings (SSSR count). The molecule has 34 heavy (non-hydrogen) atoms. The summed E-state index contributed by atoms with van der Waals surface area (Å²) in [6.45, 7) is -0.383. The quantitative estimate of drug-likeness (QED) is 0.322. The van der Waals surface area contributed by atoms with Gasteiger partial charge in [-0.15, -0.1) is 0 Å². The number of esters is 1. The molecule has 0 bridgehead atoms. The van der Waals surface area contributed by atoms with Gasteiger partial charge in [-0.3, -0.25) is 24.1 Å². The summed E-state index contributed by atoms with van der Waals surface area (Å²) in [5, 5.41) is 4.15. The molecular formula is C24H18N4O5S. The van der Waals surface area contributed by atoms with E-state index in [2.05, 4.69) is 14.1 Å². The van der Waals surface area contributed by atoms with Crippen molar-refractivity contribution in [3.63, 3.8) is 0 Å². The summed E-state index contributed by atoms with van der Waals surface area (Å²) in [7, 11) is 0. The van der Waals surface area contributed by atoms with Crippen molar-refractivity contribution in [2.75, 3.05) is 18.5 Å². The van der Waals surface area contributed by atoms with Gasteiger partial charge < -0.3 is 10.1 Å². The van der Waals surface area contributed by atoms with E-state index in [9.17, 15) is 19.2 Å². The van der Waals surface area contributed by atoms with Crippen LogP contribution < -0.4 is 5.32 Å². The van der Waals surface area contributed by atoms with Gasteiger partial charge in [0.2, 0.25) is 0 Å². The van der Waals surface area contributed by atoms with Crippen LogP contribution in [0.4, 0.5) is 5.69 Å². The van der Waals surface area contributed by atoms with E-state index in [1.807, 2.05) is 12.1 Å². The van der Waals surface area contributed by atoms with Gasteiger partial charge in [-0.1, -0.05) is 30.3 Å². The maximum Gasteiger partial charge on any atom is 0.306 e. The number of fused-ring (bicyclic) bond motifs is 1. The van der Waals surface area contributed by atoms with Crippen LogP contribution in [0.25, 0.3) is 21.8 Å². The topological polar surface area (TPSA) is 119 Å². The van der Waals surface area contributed by atoms with Crippen molar-refractivity contribution in [1.29, 1.82) is 0 Å². The third kappa shape index (κ3) is 3.99. The normalized spacial score (nSPS) is 12.9. The number of nitrogens with zero attached hydrogens (tertiary/aromatic N) is 3. The molecule has 0 spiro atoms. The molecule has 10 heteroatoms. The van der Waals surface area contributed by atoms with Crippen LogP contribution in [0.15, 0.2) is 54.6 Å². The number of anilines is 1. The fraction of sp³-hybridized carbons (Fsp3) is 0.167. The molecule has 0 radical (unpaired) electrons. The first kappa shape index (κ1) is 21.7. The number of hydrogen-bond acceptors (Lipinski definition) is 8. The summed E-state index contributed by atoms with van der Waals surface area (Å²) in [6, 6.07) is 15.9. The molecule has 3 aromatic carbocycles. The van der Waals surface area contributed by atoms with E-state index >= 15 is 0 Å². The van der Waals surface area contributed by atoms with Crippen molar-refractivity contribution in [3.8, 4) is 0 Å². The summed E-state index contributed by atoms with van der Waals surface area (Å²) < 4.78 is 13.3. The lowest BCUT2D eigenvalue weighted by atomic mass is 9.94. The fourth-order valence-corrected chi connectivity index (χ4v) is 4.53. The van der Waals surface area contributed by atoms with Crippen LogP contribution in [-0.2, 0) is 14.3 Å². The van der Waals surface area contributed by atoms with Crippen molar-refractivity contribution >= 4 is 62.9 Å². The van der Waals surface area contributed by atoms with Crippen molar-refractivity contribution in [3.05, 3.63) is 65.7 Å². The molecule has 0 saturated carbocycles. The molecule has 170 valence electrons. The molecule has 1 aromatic heterocycles. The standard InChI is InChI=1S/C24H18N4O5S/c29-19(25-17-9-3-10-18-22(17)27-34-26-18)13-33-20(30)11-4-12-28-23(31)15-7-1-5-14-6-2-8-16(21(14)15)24(28)32/h1-3,5-10H,4,11-13H2,(H,25,29). The number of amides is 3. The smallest absolute Gasteiger partial charge is 0.306 e. The Morgan fingerprint density at radius 3 is 2.38 bits per heavy atom. The molecule has 0 atom stereocenters. The number of aromatic nitrogens is 2. The van der Waals surface area contributed by atoms with Crippen LogP contribution in [0.1, 0.15) is 33.6 Å². The van der Waals surface area contributed by atoms with Crippen LogP contribution in [0.5, 0.6) is 0 Å². The Morgan fingerprint density at radius 1 is 0.941 bits per heavy atom. The molecular weight excluding hydrogens is 456 g/mol. The number of carbonyl (C=O) groups excluding carboxylic acids is 4. The fourth-order valence-electron chi connectivity index (χ4n) is 3.98. The van der Waals surface area contributed by atoms with Crippen molar-refractivity contribution < 1.29 is 23.9 Å². The number of benzene rings is 3. The Kier molecular flexibility index (Phi) is 5.72. The molecule has 9 nitrogen and oxygen atoms in total. The van der Waals surface area contributed by atoms with Crippen LogP contribution >= 0.6 is 11.7 Å². The van der Waals surface area contributed by atoms with Gasteiger partial charge in [0.15, 0.2) is 6.61 Å². The van der Waals surface area contributed by atoms with Crippen LogP contribution in [0.3, 0.4) is 0 Å². The van der Waals surface area contributed by atoms with Crippen LogP contribution in [-0.4, -0.2) is 50.5 Å². The lowest BCUT2D eigenvalue weighted by molar-refractivity contribution is -0.147. The van der Waals surface area contributed by atoms with Gasteiger partial charge in [-0.05, 0) is 36.1 Å². The van der Waals surface area contributed by atoms with Gasteiger partial charge in [0, 0.05) is 29.5 Å². The first-order chi connectivity index (χ1) is 16.5. The number of ether oxygens (including phenoxy) is 1. The lowest BCUT2D eigenvalue weighted by Gasteiger charge is -2.27. The van der Waals surface area contributed by atoms with E-state index in [1.54, 1.807) is 42.5 Å². The van der Waals surface area contributed by atoms with Crippen molar-refractivity contribution in [2.24, 2.45) is 0 Å². The maximum absolute atomic E-state index is 12.9. The predicted molar refractivity (Wildman–Crippen MR) is 126 cm³/mol. The average Bonchev–Trinajstić information content (AvgIpc) is 3.33. The van der Waals surface area contributed by atoms with E-state index in [1.165, 1.54) is 0 Å². The Balaban J connectivity index is 1.14. The zero-order chi connectivity index (χ0) is 23.7. The monoisotopic (exact) mass is 474 g/mol. The summed E-state index contributed by atoms with van der Waals surface area (Å²) in [4.78, 5) is 51.2. The first-order valence-corrected chi connectivity index (χ1v) is 11.3. The van der Waals surface area contributed by atoms with Gasteiger partial charge in [0.1, 0.15) is 11.0 Å². The molecule has 3 amide bonds. The Bertz CT molecular complexity index is 1410. The SMILES string of the molecule is O=C(COC(=O)CCCN1C(=O)c2cccc3cccc(c23)C1=O)Nc1cccc2nsnc12. The maximum atomic E-state index is 12.9. The molecule has 2 heterocycles. The number of imide groups is 1. The highest BCUT2D eigenvalue weighted by Gasteiger charge is 2.32. The number of nitrogens with one attached hydrogen (secondary N) is 1. The Labute approximate surface area is 197 Å². The number of hydrogen-bond donors (Lipinski definition) is 1. The summed E-state index contributed by atoms with van der Waals surface area (Å²) >= 11 is 1.04. The summed E-state index contributed by atoms with van der Waals surface area (Å²) in [5.41, 5.74) is 2.67. The second-order valence-electron chi connectivity index (χ2n) is 7.72. The Hall–Kier alpha value is -4.18. The summed E-state index contributed by atoms with van der Waals surface area (Å²) in [5.74, 6) is -1.86. The minimum Gasteiger partial charge on any atom is -0.456 e. The van der Waals surface area contributed by atoms with Gasteiger partial charge in [0.05, 0.1) is 17.4 Å². The zero-order valence-electron chi connectivity index (χ0n) is 17.8. The largest absolute Gasteiger partial charge is 0.456 e. The molecule has 4 aromatic rings.